The predicted octanol–water partition coefficient (Wildman–Crippen LogP) is 13.3. The molecule has 16 aliphatic rings. The van der Waals surface area contributed by atoms with Crippen molar-refractivity contribution in [1.82, 2.24) is 0 Å². The molecule has 0 spiro atoms. The molecule has 8 unspecified atom stereocenters. The van der Waals surface area contributed by atoms with Gasteiger partial charge >= 0.3 is 0 Å². The fourth-order valence-corrected chi connectivity index (χ4v) is 27.6. The quantitative estimate of drug-likeness (QED) is 0.252. The highest BCUT2D eigenvalue weighted by Gasteiger charge is 2.77. The van der Waals surface area contributed by atoms with Crippen LogP contribution in [0.3, 0.4) is 0 Å². The molecular formula is C56H84B2. The minimum atomic E-state index is 0.202. The smallest absolute Gasteiger partial charge is 0.0620 e. The predicted molar refractivity (Wildman–Crippen MR) is 246 cm³/mol. The maximum absolute atomic E-state index is 3.09. The molecule has 314 valence electrons. The standard InChI is InChI=1S/C56H84B2/c1-43-13-37-14-44(2,25-43)30-51(21-37,29-43)55(57,52-22-38-15-45(3,31-52)26-46(4,16-38)32-52)41-11-9-10-12-42(41)56(58,53-23-39-17-47(5,33-53)27-48(6,18-39)34-53)54-24-40-19-49(7,35-54)28-50(8,20-40)36-54/h9-12,37-40H,13-36,57-58H2,1-8H3. The van der Waals surface area contributed by atoms with Crippen LogP contribution in [0.4, 0.5) is 0 Å². The highest BCUT2D eigenvalue weighted by Crippen LogP contribution is 2.85. The van der Waals surface area contributed by atoms with Crippen LogP contribution in [0.25, 0.3) is 0 Å². The first-order valence-corrected chi connectivity index (χ1v) is 26.0. The number of benzene rings is 1. The number of rotatable bonds is 6. The minimum Gasteiger partial charge on any atom is -0.0620 e. The molecule has 0 N–H and O–H groups in total. The fourth-order valence-electron chi connectivity index (χ4n) is 27.6. The Kier molecular flexibility index (Phi) is 6.74. The summed E-state index contributed by atoms with van der Waals surface area (Å²) >= 11 is 0. The molecular weight excluding hydrogens is 694 g/mol. The van der Waals surface area contributed by atoms with E-state index in [2.05, 4.69) is 95.3 Å². The Morgan fingerprint density at radius 2 is 0.517 bits per heavy atom. The van der Waals surface area contributed by atoms with Gasteiger partial charge in [0.15, 0.2) is 0 Å². The van der Waals surface area contributed by atoms with Crippen molar-refractivity contribution in [3.05, 3.63) is 35.4 Å². The Labute approximate surface area is 358 Å². The Morgan fingerprint density at radius 1 is 0.328 bits per heavy atom. The second-order valence-corrected chi connectivity index (χ2v) is 31.4. The van der Waals surface area contributed by atoms with Gasteiger partial charge in [-0.2, -0.15) is 0 Å². The van der Waals surface area contributed by atoms with E-state index in [0.29, 0.717) is 65.0 Å². The van der Waals surface area contributed by atoms with E-state index in [0.717, 1.165) is 23.7 Å². The number of hydrogen-bond donors (Lipinski definition) is 0. The van der Waals surface area contributed by atoms with E-state index in [4.69, 9.17) is 0 Å². The molecule has 0 heterocycles. The molecule has 8 atom stereocenters. The third-order valence-electron chi connectivity index (χ3n) is 24.8. The molecule has 0 aliphatic heterocycles. The maximum Gasteiger partial charge on any atom is 0.116 e. The van der Waals surface area contributed by atoms with E-state index < -0.39 is 0 Å². The van der Waals surface area contributed by atoms with Crippen molar-refractivity contribution >= 4 is 15.7 Å². The van der Waals surface area contributed by atoms with Crippen LogP contribution < -0.4 is 0 Å². The average molecular weight is 779 g/mol. The molecule has 16 saturated carbocycles. The van der Waals surface area contributed by atoms with Gasteiger partial charge in [-0.25, -0.2) is 0 Å². The molecule has 16 aliphatic carbocycles. The third kappa shape index (κ3) is 4.51. The van der Waals surface area contributed by atoms with Gasteiger partial charge in [0.25, 0.3) is 0 Å². The summed E-state index contributed by atoms with van der Waals surface area (Å²) in [5.41, 5.74) is 9.76. The van der Waals surface area contributed by atoms with E-state index in [1.807, 2.05) is 11.1 Å². The lowest BCUT2D eigenvalue weighted by atomic mass is 9.21. The van der Waals surface area contributed by atoms with E-state index >= 15 is 0 Å². The van der Waals surface area contributed by atoms with Crippen LogP contribution >= 0.6 is 0 Å². The molecule has 2 heteroatoms. The van der Waals surface area contributed by atoms with Crippen molar-refractivity contribution < 1.29 is 0 Å². The van der Waals surface area contributed by atoms with Crippen molar-refractivity contribution in [2.45, 2.75) is 220 Å². The van der Waals surface area contributed by atoms with Crippen LogP contribution in [0.5, 0.6) is 0 Å². The van der Waals surface area contributed by atoms with Crippen LogP contribution in [0.1, 0.15) is 221 Å². The molecule has 16 fully saturated rings. The summed E-state index contributed by atoms with van der Waals surface area (Å²) in [6.45, 7) is 22.5. The second kappa shape index (κ2) is 10.3. The lowest BCUT2D eigenvalue weighted by Crippen LogP contribution is -2.73. The van der Waals surface area contributed by atoms with Crippen molar-refractivity contribution in [2.24, 2.45) is 88.7 Å². The Balaban J connectivity index is 1.10. The SMILES string of the molecule is BC(c1ccccc1C(B)(C12CC3CC(C)(CC(C)(C3)C1)C2)C12CC3CC(C)(CC(C)(C3)C1)C2)(C12CC3CC(C)(CC(C)(C3)C1)C2)C12CC3CC(C)(CC(C)(C3)C1)C2. The molecule has 0 amide bonds. The van der Waals surface area contributed by atoms with Crippen LogP contribution in [-0.4, -0.2) is 15.7 Å². The Bertz CT molecular complexity index is 1680. The van der Waals surface area contributed by atoms with Crippen molar-refractivity contribution in [3.8, 4) is 0 Å². The van der Waals surface area contributed by atoms with Crippen molar-refractivity contribution in [1.29, 1.82) is 0 Å². The van der Waals surface area contributed by atoms with Crippen molar-refractivity contribution in [3.63, 3.8) is 0 Å². The summed E-state index contributed by atoms with van der Waals surface area (Å²) in [5.74, 6) is 3.76. The Hall–Kier alpha value is -0.650. The first-order valence-electron chi connectivity index (χ1n) is 26.0. The first kappa shape index (κ1) is 37.9. The van der Waals surface area contributed by atoms with Gasteiger partial charge in [-0.3, -0.25) is 0 Å². The highest BCUT2D eigenvalue weighted by molar-refractivity contribution is 6.20. The minimum absolute atomic E-state index is 0.202. The summed E-state index contributed by atoms with van der Waals surface area (Å²) in [6, 6.07) is 11.1. The lowest BCUT2D eigenvalue weighted by Gasteiger charge is -2.79. The van der Waals surface area contributed by atoms with E-state index in [1.165, 1.54) is 154 Å². The average Bonchev–Trinajstić information content (AvgIpc) is 3.00. The molecule has 0 nitrogen and oxygen atoms in total. The summed E-state index contributed by atoms with van der Waals surface area (Å²) in [6.07, 6.45) is 36.4. The Morgan fingerprint density at radius 3 is 0.690 bits per heavy atom. The molecule has 58 heavy (non-hydrogen) atoms. The second-order valence-electron chi connectivity index (χ2n) is 31.4. The molecule has 0 radical (unpaired) electrons. The zero-order valence-electron chi connectivity index (χ0n) is 39.6. The molecule has 1 aromatic rings. The van der Waals surface area contributed by atoms with Crippen LogP contribution in [0, 0.1) is 88.7 Å². The molecule has 17 rings (SSSR count). The van der Waals surface area contributed by atoms with Crippen LogP contribution in [0.15, 0.2) is 24.3 Å². The van der Waals surface area contributed by atoms with Crippen LogP contribution in [0.2, 0.25) is 0 Å². The van der Waals surface area contributed by atoms with Gasteiger partial charge in [-0.15, -0.1) is 0 Å². The van der Waals surface area contributed by atoms with Gasteiger partial charge in [-0.1, -0.05) is 79.7 Å². The molecule has 0 saturated heterocycles. The molecule has 16 bridgehead atoms. The highest BCUT2D eigenvalue weighted by atomic mass is 14.8. The van der Waals surface area contributed by atoms with Crippen molar-refractivity contribution in [2.75, 3.05) is 0 Å². The number of hydrogen-bond acceptors (Lipinski definition) is 0. The summed E-state index contributed by atoms with van der Waals surface area (Å²) in [5, 5.41) is 0.405. The van der Waals surface area contributed by atoms with Gasteiger partial charge in [0, 0.05) is 0 Å². The zero-order chi connectivity index (χ0) is 40.3. The third-order valence-corrected chi connectivity index (χ3v) is 24.8. The lowest BCUT2D eigenvalue weighted by molar-refractivity contribution is -0.232. The normalized spacial score (nSPS) is 62.1. The summed E-state index contributed by atoms with van der Waals surface area (Å²) in [7, 11) is 6.19. The topological polar surface area (TPSA) is 0 Å². The van der Waals surface area contributed by atoms with Crippen LogP contribution in [-0.2, 0) is 10.6 Å². The molecule has 0 aromatic heterocycles. The maximum atomic E-state index is 3.09. The fraction of sp³-hybridized carbons (Fsp3) is 0.893. The van der Waals surface area contributed by atoms with Gasteiger partial charge in [0.1, 0.15) is 15.7 Å². The zero-order valence-corrected chi connectivity index (χ0v) is 39.6. The van der Waals surface area contributed by atoms with Gasteiger partial charge in [0.05, 0.1) is 0 Å². The summed E-state index contributed by atoms with van der Waals surface area (Å²) < 4.78 is 0. The van der Waals surface area contributed by atoms with Gasteiger partial charge < -0.3 is 0 Å². The van der Waals surface area contributed by atoms with E-state index in [9.17, 15) is 0 Å². The largest absolute Gasteiger partial charge is 0.116 e. The first-order chi connectivity index (χ1) is 26.9. The van der Waals surface area contributed by atoms with Gasteiger partial charge in [0.2, 0.25) is 0 Å². The van der Waals surface area contributed by atoms with E-state index in [-0.39, 0.29) is 10.6 Å². The molecule has 1 aromatic carbocycles. The van der Waals surface area contributed by atoms with Gasteiger partial charge in [-0.05, 0) is 265 Å². The summed E-state index contributed by atoms with van der Waals surface area (Å²) in [4.78, 5) is 0. The monoisotopic (exact) mass is 779 g/mol. The van der Waals surface area contributed by atoms with E-state index in [1.54, 1.807) is 0 Å².